The van der Waals surface area contributed by atoms with Crippen LogP contribution in [0.1, 0.15) is 18.9 Å². The van der Waals surface area contributed by atoms with Gasteiger partial charge in [0.2, 0.25) is 0 Å². The summed E-state index contributed by atoms with van der Waals surface area (Å²) in [6, 6.07) is 8.92. The highest BCUT2D eigenvalue weighted by Gasteiger charge is 2.19. The lowest BCUT2D eigenvalue weighted by Crippen LogP contribution is -2.41. The Morgan fingerprint density at radius 2 is 2.04 bits per heavy atom. The van der Waals surface area contributed by atoms with Crippen molar-refractivity contribution in [3.63, 3.8) is 0 Å². The molecule has 2 aliphatic rings. The first-order chi connectivity index (χ1) is 12.8. The highest BCUT2D eigenvalue weighted by molar-refractivity contribution is 14.0. The Hall–Kier alpha value is -0.670. The van der Waals surface area contributed by atoms with Gasteiger partial charge in [-0.25, -0.2) is 4.99 Å². The fourth-order valence-corrected chi connectivity index (χ4v) is 4.37. The molecule has 7 heteroatoms. The molecular weight excluding hydrogens is 471 g/mol. The average molecular weight is 504 g/mol. The van der Waals surface area contributed by atoms with Crippen molar-refractivity contribution in [1.82, 2.24) is 10.2 Å². The predicted octanol–water partition coefficient (Wildman–Crippen LogP) is 3.29. The van der Waals surface area contributed by atoms with Gasteiger partial charge in [-0.2, -0.15) is 11.8 Å². The van der Waals surface area contributed by atoms with Gasteiger partial charge in [-0.1, -0.05) is 12.1 Å². The maximum absolute atomic E-state index is 5.50. The molecule has 1 unspecified atom stereocenters. The number of benzene rings is 1. The molecule has 0 radical (unpaired) electrons. The van der Waals surface area contributed by atoms with E-state index in [0.29, 0.717) is 12.5 Å². The largest absolute Gasteiger partial charge is 0.381 e. The topological polar surface area (TPSA) is 40.1 Å². The minimum Gasteiger partial charge on any atom is -0.381 e. The summed E-state index contributed by atoms with van der Waals surface area (Å²) in [5.41, 5.74) is 2.59. The third-order valence-electron chi connectivity index (χ3n) is 4.98. The number of halogens is 1. The Balaban J connectivity index is 0.00000261. The number of hydrogen-bond donors (Lipinski definition) is 1. The molecule has 1 aromatic carbocycles. The van der Waals surface area contributed by atoms with Crippen molar-refractivity contribution in [1.29, 1.82) is 0 Å². The number of hydrogen-bond acceptors (Lipinski definition) is 4. The third kappa shape index (κ3) is 7.02. The second-order valence-electron chi connectivity index (χ2n) is 7.05. The van der Waals surface area contributed by atoms with Crippen molar-refractivity contribution in [3.05, 3.63) is 29.8 Å². The first kappa shape index (κ1) is 22.6. The molecule has 0 amide bonds. The molecule has 2 fully saturated rings. The molecule has 3 rings (SSSR count). The van der Waals surface area contributed by atoms with Gasteiger partial charge in [-0.3, -0.25) is 0 Å². The van der Waals surface area contributed by atoms with Crippen LogP contribution in [0.5, 0.6) is 0 Å². The van der Waals surface area contributed by atoms with Crippen LogP contribution in [0.15, 0.2) is 29.3 Å². The molecule has 5 nitrogen and oxygen atoms in total. The first-order valence-corrected chi connectivity index (χ1v) is 10.9. The fourth-order valence-electron chi connectivity index (χ4n) is 3.47. The van der Waals surface area contributed by atoms with Crippen LogP contribution in [-0.4, -0.2) is 68.8 Å². The maximum atomic E-state index is 5.50. The summed E-state index contributed by atoms with van der Waals surface area (Å²) >= 11 is 2.05. The van der Waals surface area contributed by atoms with Crippen LogP contribution in [0.4, 0.5) is 5.69 Å². The van der Waals surface area contributed by atoms with E-state index < -0.39 is 0 Å². The van der Waals surface area contributed by atoms with E-state index in [9.17, 15) is 0 Å². The van der Waals surface area contributed by atoms with Gasteiger partial charge in [0, 0.05) is 62.9 Å². The van der Waals surface area contributed by atoms with Gasteiger partial charge < -0.3 is 19.9 Å². The molecule has 1 N–H and O–H groups in total. The van der Waals surface area contributed by atoms with Gasteiger partial charge in [-0.05, 0) is 31.0 Å². The number of aliphatic imine (C=N–C) groups is 1. The van der Waals surface area contributed by atoms with Crippen molar-refractivity contribution >= 4 is 47.4 Å². The number of guanidine groups is 1. The molecule has 0 spiro atoms. The molecule has 27 heavy (non-hydrogen) atoms. The van der Waals surface area contributed by atoms with E-state index in [1.807, 2.05) is 11.8 Å². The summed E-state index contributed by atoms with van der Waals surface area (Å²) in [5.74, 6) is 4.06. The highest BCUT2D eigenvalue weighted by atomic mass is 127. The minimum atomic E-state index is 0. The van der Waals surface area contributed by atoms with Crippen molar-refractivity contribution in [2.24, 2.45) is 10.9 Å². The summed E-state index contributed by atoms with van der Waals surface area (Å²) < 4.78 is 5.50. The molecule has 1 atom stereocenters. The highest BCUT2D eigenvalue weighted by Crippen LogP contribution is 2.20. The van der Waals surface area contributed by atoms with Crippen molar-refractivity contribution in [2.45, 2.75) is 19.9 Å². The molecular formula is C20H33IN4OS. The van der Waals surface area contributed by atoms with Gasteiger partial charge in [-0.15, -0.1) is 24.0 Å². The van der Waals surface area contributed by atoms with E-state index in [-0.39, 0.29) is 24.0 Å². The monoisotopic (exact) mass is 504 g/mol. The number of nitrogens with zero attached hydrogens (tertiary/aromatic N) is 3. The van der Waals surface area contributed by atoms with E-state index in [2.05, 4.69) is 53.4 Å². The van der Waals surface area contributed by atoms with E-state index in [1.54, 1.807) is 0 Å². The molecule has 0 aromatic heterocycles. The fraction of sp³-hybridized carbons (Fsp3) is 0.650. The van der Waals surface area contributed by atoms with Crippen molar-refractivity contribution < 1.29 is 4.74 Å². The zero-order chi connectivity index (χ0) is 18.2. The molecule has 0 bridgehead atoms. The van der Waals surface area contributed by atoms with Gasteiger partial charge in [0.1, 0.15) is 0 Å². The SMILES string of the molecule is CCNC(=NCc1ccc(N2CCSCC2)cc1)N(C)CC1CCOC1.I. The molecule has 152 valence electrons. The van der Waals surface area contributed by atoms with Crippen LogP contribution in [0, 0.1) is 5.92 Å². The first-order valence-electron chi connectivity index (χ1n) is 9.75. The second kappa shape index (κ2) is 12.0. The van der Waals surface area contributed by atoms with Crippen LogP contribution in [0.3, 0.4) is 0 Å². The van der Waals surface area contributed by atoms with Crippen LogP contribution < -0.4 is 10.2 Å². The van der Waals surface area contributed by atoms with Gasteiger partial charge in [0.15, 0.2) is 5.96 Å². The van der Waals surface area contributed by atoms with Gasteiger partial charge >= 0.3 is 0 Å². The maximum Gasteiger partial charge on any atom is 0.193 e. The summed E-state index contributed by atoms with van der Waals surface area (Å²) in [5, 5.41) is 3.41. The Morgan fingerprint density at radius 1 is 1.30 bits per heavy atom. The Bertz CT molecular complexity index is 572. The Kier molecular flexibility index (Phi) is 10.1. The van der Waals surface area contributed by atoms with E-state index in [1.165, 1.54) is 22.8 Å². The number of rotatable bonds is 6. The Labute approximate surface area is 185 Å². The number of ether oxygens (including phenoxy) is 1. The molecule has 2 heterocycles. The number of thioether (sulfide) groups is 1. The van der Waals surface area contributed by atoms with E-state index in [4.69, 9.17) is 9.73 Å². The summed E-state index contributed by atoms with van der Waals surface area (Å²) in [6.07, 6.45) is 1.15. The molecule has 2 saturated heterocycles. The molecule has 0 saturated carbocycles. The van der Waals surface area contributed by atoms with Crippen molar-refractivity contribution in [3.8, 4) is 0 Å². The van der Waals surface area contributed by atoms with Gasteiger partial charge in [0.05, 0.1) is 13.2 Å². The smallest absolute Gasteiger partial charge is 0.193 e. The third-order valence-corrected chi connectivity index (χ3v) is 5.92. The van der Waals surface area contributed by atoms with E-state index >= 15 is 0 Å². The minimum absolute atomic E-state index is 0. The molecule has 2 aliphatic heterocycles. The average Bonchev–Trinajstić information content (AvgIpc) is 3.19. The lowest BCUT2D eigenvalue weighted by molar-refractivity contribution is 0.181. The van der Waals surface area contributed by atoms with Crippen LogP contribution in [0.2, 0.25) is 0 Å². The Morgan fingerprint density at radius 3 is 2.67 bits per heavy atom. The summed E-state index contributed by atoms with van der Waals surface area (Å²) in [4.78, 5) is 9.56. The summed E-state index contributed by atoms with van der Waals surface area (Å²) in [7, 11) is 2.12. The number of anilines is 1. The van der Waals surface area contributed by atoms with E-state index in [0.717, 1.165) is 51.8 Å². The zero-order valence-electron chi connectivity index (χ0n) is 16.5. The van der Waals surface area contributed by atoms with Crippen LogP contribution in [-0.2, 0) is 11.3 Å². The quantitative estimate of drug-likeness (QED) is 0.366. The lowest BCUT2D eigenvalue weighted by Gasteiger charge is -2.28. The van der Waals surface area contributed by atoms with Crippen LogP contribution >= 0.6 is 35.7 Å². The predicted molar refractivity (Wildman–Crippen MR) is 128 cm³/mol. The normalized spacial score (nSPS) is 20.3. The van der Waals surface area contributed by atoms with Crippen LogP contribution in [0.25, 0.3) is 0 Å². The molecule has 1 aromatic rings. The molecule has 0 aliphatic carbocycles. The summed E-state index contributed by atoms with van der Waals surface area (Å²) in [6.45, 7) is 8.80. The lowest BCUT2D eigenvalue weighted by atomic mass is 10.1. The van der Waals surface area contributed by atoms with Crippen molar-refractivity contribution in [2.75, 3.05) is 62.8 Å². The number of nitrogens with one attached hydrogen (secondary N) is 1. The standard InChI is InChI=1S/C20H32N4OS.HI/c1-3-21-20(23(2)15-18-8-11-25-16-18)22-14-17-4-6-19(7-5-17)24-9-12-26-13-10-24;/h4-7,18H,3,8-16H2,1-2H3,(H,21,22);1H. The second-order valence-corrected chi connectivity index (χ2v) is 8.27. The van der Waals surface area contributed by atoms with Gasteiger partial charge in [0.25, 0.3) is 0 Å². The zero-order valence-corrected chi connectivity index (χ0v) is 19.7.